The zero-order valence-corrected chi connectivity index (χ0v) is 11.3. The standard InChI is InChI=1S/C10H9BrO5S/c1-17(13,14)16-8-4-3-7-6(10(8)11)2-5-9(12)15-7/h3-4H,2,5H2,1H3. The van der Waals surface area contributed by atoms with Crippen LogP contribution in [0.3, 0.4) is 0 Å². The van der Waals surface area contributed by atoms with Crippen molar-refractivity contribution in [1.29, 1.82) is 0 Å². The third kappa shape index (κ3) is 2.78. The Hall–Kier alpha value is -1.08. The Morgan fingerprint density at radius 1 is 1.35 bits per heavy atom. The van der Waals surface area contributed by atoms with Gasteiger partial charge >= 0.3 is 16.1 Å². The van der Waals surface area contributed by atoms with Crippen molar-refractivity contribution < 1.29 is 22.1 Å². The van der Waals surface area contributed by atoms with E-state index in [9.17, 15) is 13.2 Å². The van der Waals surface area contributed by atoms with Gasteiger partial charge in [-0.15, -0.1) is 0 Å². The van der Waals surface area contributed by atoms with E-state index in [1.54, 1.807) is 0 Å². The number of ether oxygens (including phenoxy) is 1. The molecule has 1 aromatic carbocycles. The van der Waals surface area contributed by atoms with Crippen LogP contribution in [0.1, 0.15) is 12.0 Å². The Balaban J connectivity index is 2.43. The fourth-order valence-corrected chi connectivity index (χ4v) is 2.72. The maximum atomic E-state index is 11.1. The minimum absolute atomic E-state index is 0.198. The lowest BCUT2D eigenvalue weighted by Gasteiger charge is -2.18. The molecule has 0 fully saturated rings. The molecule has 7 heteroatoms. The minimum Gasteiger partial charge on any atom is -0.426 e. The zero-order chi connectivity index (χ0) is 12.6. The molecular weight excluding hydrogens is 312 g/mol. The predicted octanol–water partition coefficient (Wildman–Crippen LogP) is 1.64. The molecule has 0 amide bonds. The van der Waals surface area contributed by atoms with Crippen molar-refractivity contribution in [2.45, 2.75) is 12.8 Å². The van der Waals surface area contributed by atoms with Crippen LogP contribution in [0.15, 0.2) is 16.6 Å². The van der Waals surface area contributed by atoms with E-state index < -0.39 is 10.1 Å². The molecule has 1 aliphatic rings. The Morgan fingerprint density at radius 3 is 2.71 bits per heavy atom. The molecule has 0 saturated carbocycles. The van der Waals surface area contributed by atoms with E-state index in [0.717, 1.165) is 11.8 Å². The summed E-state index contributed by atoms with van der Waals surface area (Å²) in [5.41, 5.74) is 0.741. The quantitative estimate of drug-likeness (QED) is 0.470. The van der Waals surface area contributed by atoms with Crippen molar-refractivity contribution in [2.75, 3.05) is 6.26 Å². The lowest BCUT2D eigenvalue weighted by molar-refractivity contribution is -0.135. The lowest BCUT2D eigenvalue weighted by atomic mass is 10.1. The van der Waals surface area contributed by atoms with Crippen LogP contribution < -0.4 is 8.92 Å². The monoisotopic (exact) mass is 320 g/mol. The number of carbonyl (C=O) groups excluding carboxylic acids is 1. The van der Waals surface area contributed by atoms with Crippen LogP contribution >= 0.6 is 15.9 Å². The topological polar surface area (TPSA) is 69.7 Å². The SMILES string of the molecule is CS(=O)(=O)Oc1ccc2c(c1Br)CCC(=O)O2. The summed E-state index contributed by atoms with van der Waals surface area (Å²) in [6.07, 6.45) is 1.74. The molecule has 5 nitrogen and oxygen atoms in total. The first-order valence-corrected chi connectivity index (χ1v) is 7.39. The number of hydrogen-bond donors (Lipinski definition) is 0. The van der Waals surface area contributed by atoms with Crippen LogP contribution in [0.5, 0.6) is 11.5 Å². The second-order valence-electron chi connectivity index (χ2n) is 3.62. The summed E-state index contributed by atoms with van der Waals surface area (Å²) in [5, 5.41) is 0. The normalized spacial score (nSPS) is 15.1. The average molecular weight is 321 g/mol. The number of esters is 1. The summed E-state index contributed by atoms with van der Waals surface area (Å²) >= 11 is 3.26. The summed E-state index contributed by atoms with van der Waals surface area (Å²) in [7, 11) is -3.57. The second-order valence-corrected chi connectivity index (χ2v) is 5.98. The molecule has 0 bridgehead atoms. The van der Waals surface area contributed by atoms with E-state index in [1.165, 1.54) is 12.1 Å². The van der Waals surface area contributed by atoms with E-state index in [1.807, 2.05) is 0 Å². The van der Waals surface area contributed by atoms with Crippen LogP contribution in [0.25, 0.3) is 0 Å². The number of hydrogen-bond acceptors (Lipinski definition) is 5. The molecule has 92 valence electrons. The van der Waals surface area contributed by atoms with Crippen molar-refractivity contribution >= 4 is 32.0 Å². The van der Waals surface area contributed by atoms with Gasteiger partial charge in [-0.05, 0) is 34.5 Å². The average Bonchev–Trinajstić information content (AvgIpc) is 2.20. The maximum absolute atomic E-state index is 11.1. The molecule has 0 unspecified atom stereocenters. The van der Waals surface area contributed by atoms with Crippen LogP contribution in [-0.4, -0.2) is 20.6 Å². The van der Waals surface area contributed by atoms with Crippen LogP contribution in [-0.2, 0) is 21.3 Å². The van der Waals surface area contributed by atoms with Crippen molar-refractivity contribution in [1.82, 2.24) is 0 Å². The smallest absolute Gasteiger partial charge is 0.311 e. The summed E-state index contributed by atoms with van der Waals surface area (Å²) in [5.74, 6) is 0.347. The molecule has 1 aliphatic heterocycles. The van der Waals surface area contributed by atoms with E-state index >= 15 is 0 Å². The maximum Gasteiger partial charge on any atom is 0.311 e. The molecule has 0 aromatic heterocycles. The first-order valence-electron chi connectivity index (χ1n) is 4.78. The summed E-state index contributed by atoms with van der Waals surface area (Å²) in [6.45, 7) is 0. The van der Waals surface area contributed by atoms with Crippen molar-refractivity contribution in [3.8, 4) is 11.5 Å². The van der Waals surface area contributed by atoms with Gasteiger partial charge in [-0.3, -0.25) is 4.79 Å². The van der Waals surface area contributed by atoms with Crippen LogP contribution in [0.2, 0.25) is 0 Å². The fraction of sp³-hybridized carbons (Fsp3) is 0.300. The fourth-order valence-electron chi connectivity index (χ4n) is 1.54. The first-order chi connectivity index (χ1) is 7.87. The van der Waals surface area contributed by atoms with E-state index in [2.05, 4.69) is 15.9 Å². The van der Waals surface area contributed by atoms with Crippen molar-refractivity contribution in [2.24, 2.45) is 0 Å². The molecule has 0 aliphatic carbocycles. The van der Waals surface area contributed by atoms with Crippen LogP contribution in [0, 0.1) is 0 Å². The van der Waals surface area contributed by atoms with Gasteiger partial charge in [0.2, 0.25) is 0 Å². The molecular formula is C10H9BrO5S. The van der Waals surface area contributed by atoms with Crippen LogP contribution in [0.4, 0.5) is 0 Å². The van der Waals surface area contributed by atoms with Crippen molar-refractivity contribution in [3.63, 3.8) is 0 Å². The molecule has 0 radical (unpaired) electrons. The van der Waals surface area contributed by atoms with Gasteiger partial charge in [0.1, 0.15) is 5.75 Å². The molecule has 2 rings (SSSR count). The zero-order valence-electron chi connectivity index (χ0n) is 8.90. The highest BCUT2D eigenvalue weighted by Crippen LogP contribution is 2.38. The van der Waals surface area contributed by atoms with Gasteiger partial charge in [0.05, 0.1) is 17.1 Å². The number of rotatable bonds is 2. The van der Waals surface area contributed by atoms with Gasteiger partial charge in [-0.25, -0.2) is 0 Å². The largest absolute Gasteiger partial charge is 0.426 e. The Labute approximate surface area is 107 Å². The van der Waals surface area contributed by atoms with E-state index in [0.29, 0.717) is 16.6 Å². The molecule has 17 heavy (non-hydrogen) atoms. The number of carbonyl (C=O) groups is 1. The Kier molecular flexibility index (Phi) is 3.13. The Morgan fingerprint density at radius 2 is 2.06 bits per heavy atom. The lowest BCUT2D eigenvalue weighted by Crippen LogP contribution is -2.16. The highest BCUT2D eigenvalue weighted by molar-refractivity contribution is 9.10. The first kappa shape index (κ1) is 12.4. The third-order valence-electron chi connectivity index (χ3n) is 2.21. The predicted molar refractivity (Wildman–Crippen MR) is 63.6 cm³/mol. The molecule has 1 heterocycles. The molecule has 0 spiro atoms. The number of fused-ring (bicyclic) bond motifs is 1. The van der Waals surface area contributed by atoms with Gasteiger partial charge < -0.3 is 8.92 Å². The van der Waals surface area contributed by atoms with Crippen molar-refractivity contribution in [3.05, 3.63) is 22.2 Å². The molecule has 0 saturated heterocycles. The number of halogens is 1. The number of benzene rings is 1. The van der Waals surface area contributed by atoms with Gasteiger partial charge in [-0.1, -0.05) is 0 Å². The van der Waals surface area contributed by atoms with Gasteiger partial charge in [0.15, 0.2) is 5.75 Å². The molecule has 0 N–H and O–H groups in total. The summed E-state index contributed by atoms with van der Waals surface area (Å²) < 4.78 is 32.4. The van der Waals surface area contributed by atoms with Gasteiger partial charge in [0, 0.05) is 5.56 Å². The van der Waals surface area contributed by atoms with E-state index in [4.69, 9.17) is 8.92 Å². The Bertz CT molecular complexity index is 579. The second kappa shape index (κ2) is 4.30. The highest BCUT2D eigenvalue weighted by Gasteiger charge is 2.22. The highest BCUT2D eigenvalue weighted by atomic mass is 79.9. The third-order valence-corrected chi connectivity index (χ3v) is 3.56. The molecule has 1 aromatic rings. The summed E-state index contributed by atoms with van der Waals surface area (Å²) in [6, 6.07) is 2.97. The minimum atomic E-state index is -3.57. The van der Waals surface area contributed by atoms with Gasteiger partial charge in [0.25, 0.3) is 0 Å². The summed E-state index contributed by atoms with van der Waals surface area (Å²) in [4.78, 5) is 11.1. The molecule has 0 atom stereocenters. The van der Waals surface area contributed by atoms with E-state index in [-0.39, 0.29) is 18.1 Å². The van der Waals surface area contributed by atoms with Gasteiger partial charge in [-0.2, -0.15) is 8.42 Å².